The summed E-state index contributed by atoms with van der Waals surface area (Å²) < 4.78 is 12.6. The van der Waals surface area contributed by atoms with Crippen molar-refractivity contribution in [2.75, 3.05) is 13.6 Å². The number of likely N-dealkylation sites (N-methyl/N-ethyl adjacent to an activating group) is 1. The smallest absolute Gasteiger partial charge is 0.238 e. The quantitative estimate of drug-likeness (QED) is 0.834. The first-order chi connectivity index (χ1) is 7.50. The molecule has 0 heterocycles. The fourth-order valence-corrected chi connectivity index (χ4v) is 1.41. The van der Waals surface area contributed by atoms with E-state index in [1.807, 2.05) is 0 Å². The van der Waals surface area contributed by atoms with Gasteiger partial charge in [-0.05, 0) is 31.0 Å². The summed E-state index contributed by atoms with van der Waals surface area (Å²) >= 11 is 0. The van der Waals surface area contributed by atoms with Crippen molar-refractivity contribution >= 4 is 5.91 Å². The Labute approximate surface area is 95.0 Å². The predicted octanol–water partition coefficient (Wildman–Crippen LogP) is 1.17. The fourth-order valence-electron chi connectivity index (χ4n) is 1.41. The van der Waals surface area contributed by atoms with E-state index in [2.05, 4.69) is 0 Å². The molecule has 1 aromatic carbocycles. The molecule has 3 nitrogen and oxygen atoms in total. The van der Waals surface area contributed by atoms with Crippen LogP contribution >= 0.6 is 0 Å². The van der Waals surface area contributed by atoms with Gasteiger partial charge >= 0.3 is 0 Å². The Hall–Kier alpha value is -1.42. The van der Waals surface area contributed by atoms with Crippen molar-refractivity contribution in [3.63, 3.8) is 0 Å². The summed E-state index contributed by atoms with van der Waals surface area (Å²) in [6.07, 6.45) is 0.704. The van der Waals surface area contributed by atoms with Crippen LogP contribution in [0.5, 0.6) is 0 Å². The van der Waals surface area contributed by atoms with E-state index in [4.69, 9.17) is 5.73 Å². The van der Waals surface area contributed by atoms with Crippen molar-refractivity contribution in [2.24, 2.45) is 5.73 Å². The second kappa shape index (κ2) is 5.61. The molecular weight excluding hydrogens is 207 g/mol. The van der Waals surface area contributed by atoms with E-state index in [1.54, 1.807) is 31.0 Å². The Balaban J connectivity index is 2.45. The third-order valence-corrected chi connectivity index (χ3v) is 2.41. The first kappa shape index (κ1) is 12.6. The summed E-state index contributed by atoms with van der Waals surface area (Å²) in [5, 5.41) is 0. The molecule has 0 radical (unpaired) electrons. The molecule has 0 saturated carbocycles. The number of carbonyl (C=O) groups excluding carboxylic acids is 1. The molecule has 0 aliphatic rings. The van der Waals surface area contributed by atoms with Crippen LogP contribution in [0.4, 0.5) is 4.39 Å². The monoisotopic (exact) mass is 224 g/mol. The van der Waals surface area contributed by atoms with Gasteiger partial charge in [0.25, 0.3) is 0 Å². The van der Waals surface area contributed by atoms with Crippen molar-refractivity contribution in [3.05, 3.63) is 35.6 Å². The maximum atomic E-state index is 12.6. The van der Waals surface area contributed by atoms with Gasteiger partial charge in [-0.15, -0.1) is 0 Å². The molecule has 1 amide bonds. The molecule has 0 spiro atoms. The molecule has 0 aliphatic carbocycles. The first-order valence-electron chi connectivity index (χ1n) is 5.25. The van der Waals surface area contributed by atoms with Crippen LogP contribution in [-0.4, -0.2) is 30.4 Å². The number of rotatable bonds is 4. The zero-order valence-electron chi connectivity index (χ0n) is 9.61. The Bertz CT molecular complexity index is 349. The van der Waals surface area contributed by atoms with Gasteiger partial charge in [0.15, 0.2) is 0 Å². The Morgan fingerprint density at radius 3 is 2.50 bits per heavy atom. The lowest BCUT2D eigenvalue weighted by atomic mass is 10.1. The molecule has 2 N–H and O–H groups in total. The largest absolute Gasteiger partial charge is 0.344 e. The number of benzene rings is 1. The minimum atomic E-state index is -0.474. The highest BCUT2D eigenvalue weighted by atomic mass is 19.1. The average Bonchev–Trinajstić information content (AvgIpc) is 2.26. The molecule has 0 aromatic heterocycles. The van der Waals surface area contributed by atoms with Gasteiger partial charge in [-0.25, -0.2) is 4.39 Å². The lowest BCUT2D eigenvalue weighted by Gasteiger charge is -2.19. The van der Waals surface area contributed by atoms with E-state index in [-0.39, 0.29) is 11.7 Å². The van der Waals surface area contributed by atoms with Crippen molar-refractivity contribution < 1.29 is 9.18 Å². The molecule has 1 atom stereocenters. The predicted molar refractivity (Wildman–Crippen MR) is 61.4 cm³/mol. The summed E-state index contributed by atoms with van der Waals surface area (Å²) in [7, 11) is 1.72. The maximum absolute atomic E-state index is 12.6. The zero-order valence-corrected chi connectivity index (χ0v) is 9.61. The summed E-state index contributed by atoms with van der Waals surface area (Å²) in [5.74, 6) is -0.328. The van der Waals surface area contributed by atoms with E-state index < -0.39 is 6.04 Å². The Kier molecular flexibility index (Phi) is 4.43. The number of carbonyl (C=O) groups is 1. The number of nitrogens with zero attached hydrogens (tertiary/aromatic N) is 1. The van der Waals surface area contributed by atoms with E-state index in [9.17, 15) is 9.18 Å². The minimum Gasteiger partial charge on any atom is -0.344 e. The highest BCUT2D eigenvalue weighted by molar-refractivity contribution is 5.80. The summed E-state index contributed by atoms with van der Waals surface area (Å²) in [4.78, 5) is 13.1. The minimum absolute atomic E-state index is 0.0814. The molecule has 0 saturated heterocycles. The summed E-state index contributed by atoms with van der Waals surface area (Å²) in [5.41, 5.74) is 6.49. The molecule has 88 valence electrons. The van der Waals surface area contributed by atoms with Gasteiger partial charge in [-0.1, -0.05) is 12.1 Å². The van der Waals surface area contributed by atoms with Crippen molar-refractivity contribution in [1.82, 2.24) is 4.90 Å². The molecule has 0 fully saturated rings. The van der Waals surface area contributed by atoms with Gasteiger partial charge in [-0.2, -0.15) is 0 Å². The van der Waals surface area contributed by atoms with Crippen LogP contribution in [-0.2, 0) is 11.2 Å². The lowest BCUT2D eigenvalue weighted by Crippen LogP contribution is -2.40. The van der Waals surface area contributed by atoms with E-state index in [1.165, 1.54) is 12.1 Å². The third-order valence-electron chi connectivity index (χ3n) is 2.41. The van der Waals surface area contributed by atoms with Crippen LogP contribution in [0, 0.1) is 5.82 Å². The van der Waals surface area contributed by atoms with Crippen LogP contribution in [0.3, 0.4) is 0 Å². The van der Waals surface area contributed by atoms with Crippen LogP contribution in [0.25, 0.3) is 0 Å². The van der Waals surface area contributed by atoms with Gasteiger partial charge in [0.05, 0.1) is 6.04 Å². The highest BCUT2D eigenvalue weighted by Crippen LogP contribution is 2.04. The Morgan fingerprint density at radius 1 is 1.44 bits per heavy atom. The normalized spacial score (nSPS) is 12.2. The van der Waals surface area contributed by atoms with Crippen molar-refractivity contribution in [2.45, 2.75) is 19.4 Å². The van der Waals surface area contributed by atoms with Crippen molar-refractivity contribution in [1.29, 1.82) is 0 Å². The topological polar surface area (TPSA) is 46.3 Å². The molecule has 16 heavy (non-hydrogen) atoms. The zero-order chi connectivity index (χ0) is 12.1. The standard InChI is InChI=1S/C12H17FN2O/c1-9(14)12(16)15(2)8-7-10-3-5-11(13)6-4-10/h3-6,9H,7-8,14H2,1-2H3/t9-/m1/s1. The van der Waals surface area contributed by atoms with Crippen LogP contribution in [0.1, 0.15) is 12.5 Å². The molecule has 0 unspecified atom stereocenters. The van der Waals surface area contributed by atoms with Gasteiger partial charge in [0, 0.05) is 13.6 Å². The van der Waals surface area contributed by atoms with Gasteiger partial charge in [-0.3, -0.25) is 4.79 Å². The molecule has 1 aromatic rings. The second-order valence-electron chi connectivity index (χ2n) is 3.92. The second-order valence-corrected chi connectivity index (χ2v) is 3.92. The first-order valence-corrected chi connectivity index (χ1v) is 5.25. The van der Waals surface area contributed by atoms with Gasteiger partial charge < -0.3 is 10.6 Å². The molecule has 4 heteroatoms. The third kappa shape index (κ3) is 3.62. The maximum Gasteiger partial charge on any atom is 0.238 e. The molecular formula is C12H17FN2O. The Morgan fingerprint density at radius 2 is 2.00 bits per heavy atom. The fraction of sp³-hybridized carbons (Fsp3) is 0.417. The van der Waals surface area contributed by atoms with Crippen LogP contribution < -0.4 is 5.73 Å². The number of amides is 1. The van der Waals surface area contributed by atoms with E-state index in [0.717, 1.165) is 5.56 Å². The van der Waals surface area contributed by atoms with Gasteiger partial charge in [0.2, 0.25) is 5.91 Å². The van der Waals surface area contributed by atoms with Crippen molar-refractivity contribution in [3.8, 4) is 0 Å². The van der Waals surface area contributed by atoms with Gasteiger partial charge in [0.1, 0.15) is 5.82 Å². The summed E-state index contributed by atoms with van der Waals surface area (Å²) in [6.45, 7) is 2.25. The molecule has 1 rings (SSSR count). The SMILES string of the molecule is C[C@@H](N)C(=O)N(C)CCc1ccc(F)cc1. The van der Waals surface area contributed by atoms with Crippen LogP contribution in [0.15, 0.2) is 24.3 Å². The number of hydrogen-bond acceptors (Lipinski definition) is 2. The average molecular weight is 224 g/mol. The number of nitrogens with two attached hydrogens (primary N) is 1. The van der Waals surface area contributed by atoms with E-state index >= 15 is 0 Å². The molecule has 0 aliphatic heterocycles. The van der Waals surface area contributed by atoms with E-state index in [0.29, 0.717) is 13.0 Å². The van der Waals surface area contributed by atoms with Crippen LogP contribution in [0.2, 0.25) is 0 Å². The highest BCUT2D eigenvalue weighted by Gasteiger charge is 2.12. The summed E-state index contributed by atoms with van der Waals surface area (Å²) in [6, 6.07) is 5.81. The lowest BCUT2D eigenvalue weighted by molar-refractivity contribution is -0.130. The number of halogens is 1. The number of hydrogen-bond donors (Lipinski definition) is 1. The molecule has 0 bridgehead atoms.